The fourth-order valence-electron chi connectivity index (χ4n) is 2.49. The maximum absolute atomic E-state index is 5.72. The molecule has 1 fully saturated rings. The van der Waals surface area contributed by atoms with Crippen LogP contribution in [0.15, 0.2) is 18.2 Å². The molecule has 0 radical (unpaired) electrons. The summed E-state index contributed by atoms with van der Waals surface area (Å²) in [6.07, 6.45) is 0.271. The van der Waals surface area contributed by atoms with Crippen molar-refractivity contribution < 1.29 is 14.2 Å². The highest BCUT2D eigenvalue weighted by atomic mass is 16.7. The molecule has 0 aliphatic carbocycles. The Morgan fingerprint density at radius 1 is 1.37 bits per heavy atom. The zero-order valence-electron chi connectivity index (χ0n) is 11.2. The van der Waals surface area contributed by atoms with E-state index in [9.17, 15) is 0 Å². The average Bonchev–Trinajstić information content (AvgIpc) is 2.88. The Hall–Kier alpha value is -1.30. The van der Waals surface area contributed by atoms with Crippen molar-refractivity contribution in [2.24, 2.45) is 0 Å². The molecule has 0 unspecified atom stereocenters. The molecule has 0 amide bonds. The molecule has 1 saturated heterocycles. The quantitative estimate of drug-likeness (QED) is 0.873. The van der Waals surface area contributed by atoms with Crippen LogP contribution < -0.4 is 14.8 Å². The van der Waals surface area contributed by atoms with Crippen molar-refractivity contribution in [3.8, 4) is 11.5 Å². The molecule has 0 spiro atoms. The van der Waals surface area contributed by atoms with E-state index in [0.717, 1.165) is 49.8 Å². The summed E-state index contributed by atoms with van der Waals surface area (Å²) in [5, 5.41) is 3.43. The van der Waals surface area contributed by atoms with Gasteiger partial charge in [0.05, 0.1) is 12.7 Å². The molecule has 2 heterocycles. The molecule has 0 saturated carbocycles. The first kappa shape index (κ1) is 12.7. The lowest BCUT2D eigenvalue weighted by atomic mass is 10.2. The highest BCUT2D eigenvalue weighted by Gasteiger charge is 2.19. The standard InChI is InChI=1S/C14H20N2O3/c1-16-5-6-17-12(9-16)8-15-7-11-3-2-4-13-14(11)19-10-18-13/h2-4,12,15H,5-10H2,1H3/t12-/m0/s1. The number of rotatable bonds is 4. The molecule has 0 aromatic heterocycles. The Balaban J connectivity index is 1.51. The zero-order chi connectivity index (χ0) is 13.1. The second-order valence-electron chi connectivity index (χ2n) is 5.04. The van der Waals surface area contributed by atoms with Gasteiger partial charge in [0, 0.05) is 31.7 Å². The summed E-state index contributed by atoms with van der Waals surface area (Å²) in [6.45, 7) is 4.78. The third-order valence-electron chi connectivity index (χ3n) is 3.51. The summed E-state index contributed by atoms with van der Waals surface area (Å²) in [7, 11) is 2.13. The summed E-state index contributed by atoms with van der Waals surface area (Å²) < 4.78 is 16.6. The number of likely N-dealkylation sites (N-methyl/N-ethyl adjacent to an activating group) is 1. The van der Waals surface area contributed by atoms with Crippen molar-refractivity contribution in [1.82, 2.24) is 10.2 Å². The van der Waals surface area contributed by atoms with Crippen molar-refractivity contribution in [2.75, 3.05) is 40.1 Å². The summed E-state index contributed by atoms with van der Waals surface area (Å²) in [5.41, 5.74) is 1.14. The lowest BCUT2D eigenvalue weighted by Crippen LogP contribution is -2.44. The van der Waals surface area contributed by atoms with E-state index in [0.29, 0.717) is 6.79 Å². The minimum absolute atomic E-state index is 0.271. The largest absolute Gasteiger partial charge is 0.454 e. The number of hydrogen-bond donors (Lipinski definition) is 1. The Bertz CT molecular complexity index is 439. The summed E-state index contributed by atoms with van der Waals surface area (Å²) in [6, 6.07) is 5.99. The van der Waals surface area contributed by atoms with Crippen LogP contribution in [0, 0.1) is 0 Å². The van der Waals surface area contributed by atoms with E-state index in [1.165, 1.54) is 0 Å². The van der Waals surface area contributed by atoms with Crippen molar-refractivity contribution in [1.29, 1.82) is 0 Å². The highest BCUT2D eigenvalue weighted by molar-refractivity contribution is 5.48. The van der Waals surface area contributed by atoms with Gasteiger partial charge in [-0.3, -0.25) is 0 Å². The van der Waals surface area contributed by atoms with Gasteiger partial charge >= 0.3 is 0 Å². The molecule has 104 valence electrons. The molecule has 1 aromatic carbocycles. The molecule has 1 aromatic rings. The minimum Gasteiger partial charge on any atom is -0.454 e. The predicted molar refractivity (Wildman–Crippen MR) is 71.5 cm³/mol. The van der Waals surface area contributed by atoms with E-state index >= 15 is 0 Å². The second kappa shape index (κ2) is 5.77. The molecule has 0 bridgehead atoms. The summed E-state index contributed by atoms with van der Waals surface area (Å²) in [5.74, 6) is 1.71. The van der Waals surface area contributed by atoms with Crippen molar-refractivity contribution >= 4 is 0 Å². The van der Waals surface area contributed by atoms with E-state index < -0.39 is 0 Å². The maximum atomic E-state index is 5.72. The number of ether oxygens (including phenoxy) is 3. The number of nitrogens with zero attached hydrogens (tertiary/aromatic N) is 1. The van der Waals surface area contributed by atoms with E-state index in [-0.39, 0.29) is 6.10 Å². The SMILES string of the molecule is CN1CCO[C@@H](CNCc2cccc3c2OCO3)C1. The van der Waals surface area contributed by atoms with Gasteiger partial charge in [-0.25, -0.2) is 0 Å². The Labute approximate surface area is 113 Å². The highest BCUT2D eigenvalue weighted by Crippen LogP contribution is 2.35. The molecule has 2 aliphatic rings. The fraction of sp³-hybridized carbons (Fsp3) is 0.571. The Morgan fingerprint density at radius 2 is 2.32 bits per heavy atom. The molecule has 3 rings (SSSR count). The smallest absolute Gasteiger partial charge is 0.231 e. The average molecular weight is 264 g/mol. The minimum atomic E-state index is 0.271. The van der Waals surface area contributed by atoms with E-state index in [1.807, 2.05) is 12.1 Å². The maximum Gasteiger partial charge on any atom is 0.231 e. The van der Waals surface area contributed by atoms with Crippen LogP contribution in [0.5, 0.6) is 11.5 Å². The van der Waals surface area contributed by atoms with Crippen molar-refractivity contribution in [3.05, 3.63) is 23.8 Å². The third-order valence-corrected chi connectivity index (χ3v) is 3.51. The van der Waals surface area contributed by atoms with Crippen LogP contribution in [0.3, 0.4) is 0 Å². The number of fused-ring (bicyclic) bond motifs is 1. The van der Waals surface area contributed by atoms with Crippen LogP contribution in [0.25, 0.3) is 0 Å². The first-order chi connectivity index (χ1) is 9.33. The molecule has 5 nitrogen and oxygen atoms in total. The normalized spacial score (nSPS) is 22.7. The zero-order valence-corrected chi connectivity index (χ0v) is 11.2. The van der Waals surface area contributed by atoms with Crippen LogP contribution in [0.2, 0.25) is 0 Å². The lowest BCUT2D eigenvalue weighted by molar-refractivity contribution is -0.0182. The number of morpholine rings is 1. The van der Waals surface area contributed by atoms with Gasteiger partial charge in [-0.2, -0.15) is 0 Å². The van der Waals surface area contributed by atoms with Crippen LogP contribution in [-0.2, 0) is 11.3 Å². The second-order valence-corrected chi connectivity index (χ2v) is 5.04. The monoisotopic (exact) mass is 264 g/mol. The van der Waals surface area contributed by atoms with E-state index in [1.54, 1.807) is 0 Å². The summed E-state index contributed by atoms with van der Waals surface area (Å²) in [4.78, 5) is 2.30. The number of benzene rings is 1. The lowest BCUT2D eigenvalue weighted by Gasteiger charge is -2.30. The molecule has 1 N–H and O–H groups in total. The van der Waals surface area contributed by atoms with Gasteiger partial charge in [0.25, 0.3) is 0 Å². The van der Waals surface area contributed by atoms with Gasteiger partial charge in [-0.1, -0.05) is 12.1 Å². The Morgan fingerprint density at radius 3 is 3.21 bits per heavy atom. The van der Waals surface area contributed by atoms with Gasteiger partial charge in [0.2, 0.25) is 6.79 Å². The first-order valence-corrected chi connectivity index (χ1v) is 6.71. The van der Waals surface area contributed by atoms with E-state index in [2.05, 4.69) is 23.3 Å². The van der Waals surface area contributed by atoms with Crippen LogP contribution >= 0.6 is 0 Å². The molecule has 5 heteroatoms. The van der Waals surface area contributed by atoms with Gasteiger partial charge in [-0.05, 0) is 13.1 Å². The molecule has 2 aliphatic heterocycles. The first-order valence-electron chi connectivity index (χ1n) is 6.71. The molecular formula is C14H20N2O3. The molecule has 19 heavy (non-hydrogen) atoms. The van der Waals surface area contributed by atoms with Crippen LogP contribution in [0.4, 0.5) is 0 Å². The van der Waals surface area contributed by atoms with Gasteiger partial charge in [-0.15, -0.1) is 0 Å². The molecular weight excluding hydrogens is 244 g/mol. The molecule has 1 atom stereocenters. The predicted octanol–water partition coefficient (Wildman–Crippen LogP) is 0.835. The van der Waals surface area contributed by atoms with Crippen LogP contribution in [0.1, 0.15) is 5.56 Å². The Kier molecular flexibility index (Phi) is 3.87. The third kappa shape index (κ3) is 3.00. The topological polar surface area (TPSA) is 43.0 Å². The van der Waals surface area contributed by atoms with Crippen molar-refractivity contribution in [3.63, 3.8) is 0 Å². The van der Waals surface area contributed by atoms with E-state index in [4.69, 9.17) is 14.2 Å². The van der Waals surface area contributed by atoms with Crippen molar-refractivity contribution in [2.45, 2.75) is 12.6 Å². The van der Waals surface area contributed by atoms with Crippen LogP contribution in [-0.4, -0.2) is 51.1 Å². The summed E-state index contributed by atoms with van der Waals surface area (Å²) >= 11 is 0. The number of nitrogens with one attached hydrogen (secondary N) is 1. The van der Waals surface area contributed by atoms with Gasteiger partial charge in [0.15, 0.2) is 11.5 Å². The van der Waals surface area contributed by atoms with Gasteiger partial charge in [0.1, 0.15) is 0 Å². The van der Waals surface area contributed by atoms with Gasteiger partial charge < -0.3 is 24.4 Å². The number of para-hydroxylation sites is 1. The number of hydrogen-bond acceptors (Lipinski definition) is 5. The fourth-order valence-corrected chi connectivity index (χ4v) is 2.49.